The van der Waals surface area contributed by atoms with E-state index >= 15 is 0 Å². The fourth-order valence-electron chi connectivity index (χ4n) is 2.76. The van der Waals surface area contributed by atoms with Crippen LogP contribution in [0, 0.1) is 0 Å². The maximum absolute atomic E-state index is 12.7. The minimum Gasteiger partial charge on any atom is -0.326 e. The van der Waals surface area contributed by atoms with Crippen LogP contribution in [-0.2, 0) is 14.4 Å². The zero-order valence-corrected chi connectivity index (χ0v) is 14.2. The van der Waals surface area contributed by atoms with Crippen LogP contribution in [-0.4, -0.2) is 17.7 Å². The number of hydrogen-bond donors (Lipinski definition) is 3. The average molecular weight is 358 g/mol. The van der Waals surface area contributed by atoms with Crippen LogP contribution in [0.15, 0.2) is 42.5 Å². The normalized spacial score (nSPS) is 15.8. The first kappa shape index (κ1) is 17.0. The summed E-state index contributed by atoms with van der Waals surface area (Å²) < 4.78 is 0. The topological polar surface area (TPSA) is 87.3 Å². The number of nitrogens with one attached hydrogen (secondary N) is 3. The zero-order chi connectivity index (χ0) is 18.0. The lowest BCUT2D eigenvalue weighted by atomic mass is 9.90. The van der Waals surface area contributed by atoms with Crippen molar-refractivity contribution in [3.8, 4) is 0 Å². The first-order valence-electron chi connectivity index (χ1n) is 7.71. The molecule has 2 aromatic rings. The second-order valence-corrected chi connectivity index (χ2v) is 6.16. The van der Waals surface area contributed by atoms with Gasteiger partial charge in [0.25, 0.3) is 0 Å². The minimum atomic E-state index is -0.579. The third kappa shape index (κ3) is 3.80. The number of benzene rings is 2. The molecule has 25 heavy (non-hydrogen) atoms. The van der Waals surface area contributed by atoms with E-state index in [4.69, 9.17) is 11.6 Å². The Morgan fingerprint density at radius 1 is 1.16 bits per heavy atom. The fourth-order valence-corrected chi connectivity index (χ4v) is 2.93. The standard InChI is InChI=1S/C18H16ClN3O3/c1-10(23)20-16-8-11(6-7-14(16)19)21-18(25)13-9-17(24)22-15-5-3-2-4-12(13)15/h2-8,13H,9H2,1H3,(H,20,23)(H,21,25)(H,22,24). The van der Waals surface area contributed by atoms with Crippen LogP contribution < -0.4 is 16.0 Å². The summed E-state index contributed by atoms with van der Waals surface area (Å²) in [5.41, 5.74) is 2.32. The van der Waals surface area contributed by atoms with Crippen LogP contribution >= 0.6 is 11.6 Å². The van der Waals surface area contributed by atoms with Gasteiger partial charge in [0, 0.05) is 24.7 Å². The third-order valence-electron chi connectivity index (χ3n) is 3.86. The van der Waals surface area contributed by atoms with E-state index in [1.54, 1.807) is 30.3 Å². The summed E-state index contributed by atoms with van der Waals surface area (Å²) in [4.78, 5) is 35.8. The number of carbonyl (C=O) groups is 3. The highest BCUT2D eigenvalue weighted by atomic mass is 35.5. The largest absolute Gasteiger partial charge is 0.326 e. The van der Waals surface area contributed by atoms with E-state index < -0.39 is 5.92 Å². The Labute approximate surface area is 149 Å². The van der Waals surface area contributed by atoms with Crippen molar-refractivity contribution in [2.75, 3.05) is 16.0 Å². The fraction of sp³-hybridized carbons (Fsp3) is 0.167. The van der Waals surface area contributed by atoms with Crippen LogP contribution in [0.1, 0.15) is 24.8 Å². The molecule has 1 aliphatic rings. The van der Waals surface area contributed by atoms with Crippen LogP contribution in [0.4, 0.5) is 17.1 Å². The van der Waals surface area contributed by atoms with E-state index in [1.165, 1.54) is 6.92 Å². The minimum absolute atomic E-state index is 0.0784. The van der Waals surface area contributed by atoms with Gasteiger partial charge in [0.1, 0.15) is 0 Å². The molecule has 1 unspecified atom stereocenters. The Hall–Kier alpha value is -2.86. The molecule has 7 heteroatoms. The summed E-state index contributed by atoms with van der Waals surface area (Å²) >= 11 is 6.03. The van der Waals surface area contributed by atoms with Crippen molar-refractivity contribution in [1.82, 2.24) is 0 Å². The number of carbonyl (C=O) groups excluding carboxylic acids is 3. The molecule has 2 aromatic carbocycles. The molecule has 1 heterocycles. The van der Waals surface area contributed by atoms with Gasteiger partial charge < -0.3 is 16.0 Å². The molecule has 0 aliphatic carbocycles. The number of para-hydroxylation sites is 1. The van der Waals surface area contributed by atoms with Crippen molar-refractivity contribution in [2.45, 2.75) is 19.3 Å². The molecule has 0 aromatic heterocycles. The number of amides is 3. The summed E-state index contributed by atoms with van der Waals surface area (Å²) in [7, 11) is 0. The van der Waals surface area contributed by atoms with Gasteiger partial charge in [-0.25, -0.2) is 0 Å². The molecule has 0 saturated heterocycles. The molecule has 0 spiro atoms. The third-order valence-corrected chi connectivity index (χ3v) is 4.19. The van der Waals surface area contributed by atoms with Crippen molar-refractivity contribution < 1.29 is 14.4 Å². The van der Waals surface area contributed by atoms with Crippen molar-refractivity contribution in [3.05, 3.63) is 53.1 Å². The summed E-state index contributed by atoms with van der Waals surface area (Å²) in [5.74, 6) is -1.33. The molecule has 0 radical (unpaired) electrons. The SMILES string of the molecule is CC(=O)Nc1cc(NC(=O)C2CC(=O)Nc3ccccc32)ccc1Cl. The molecule has 3 amide bonds. The van der Waals surface area contributed by atoms with Gasteiger partial charge in [0.15, 0.2) is 0 Å². The first-order valence-corrected chi connectivity index (χ1v) is 8.08. The second kappa shape index (κ2) is 6.94. The predicted octanol–water partition coefficient (Wildman–Crippen LogP) is 3.36. The Morgan fingerprint density at radius 2 is 1.92 bits per heavy atom. The Balaban J connectivity index is 1.83. The molecule has 128 valence electrons. The quantitative estimate of drug-likeness (QED) is 0.787. The average Bonchev–Trinajstić information content (AvgIpc) is 2.56. The van der Waals surface area contributed by atoms with Crippen LogP contribution in [0.3, 0.4) is 0 Å². The van der Waals surface area contributed by atoms with Gasteiger partial charge in [0.05, 0.1) is 16.6 Å². The monoisotopic (exact) mass is 357 g/mol. The molecule has 3 N–H and O–H groups in total. The van der Waals surface area contributed by atoms with E-state index in [-0.39, 0.29) is 24.1 Å². The number of hydrogen-bond acceptors (Lipinski definition) is 3. The van der Waals surface area contributed by atoms with Gasteiger partial charge in [0.2, 0.25) is 17.7 Å². The molecule has 0 bridgehead atoms. The predicted molar refractivity (Wildman–Crippen MR) is 96.8 cm³/mol. The van der Waals surface area contributed by atoms with E-state index in [9.17, 15) is 14.4 Å². The lowest BCUT2D eigenvalue weighted by Crippen LogP contribution is -2.30. The molecule has 6 nitrogen and oxygen atoms in total. The van der Waals surface area contributed by atoms with E-state index in [0.29, 0.717) is 22.1 Å². The molecule has 1 atom stereocenters. The van der Waals surface area contributed by atoms with Crippen LogP contribution in [0.25, 0.3) is 0 Å². The van der Waals surface area contributed by atoms with Gasteiger partial charge in [-0.1, -0.05) is 29.8 Å². The van der Waals surface area contributed by atoms with Crippen molar-refractivity contribution in [1.29, 1.82) is 0 Å². The molecule has 0 saturated carbocycles. The summed E-state index contributed by atoms with van der Waals surface area (Å²) in [6.07, 6.45) is 0.0784. The number of rotatable bonds is 3. The Morgan fingerprint density at radius 3 is 2.68 bits per heavy atom. The maximum atomic E-state index is 12.7. The first-order chi connectivity index (χ1) is 11.9. The highest BCUT2D eigenvalue weighted by molar-refractivity contribution is 6.33. The molecular formula is C18H16ClN3O3. The lowest BCUT2D eigenvalue weighted by Gasteiger charge is -2.24. The smallest absolute Gasteiger partial charge is 0.232 e. The van der Waals surface area contributed by atoms with Crippen LogP contribution in [0.2, 0.25) is 5.02 Å². The number of halogens is 1. The number of anilines is 3. The van der Waals surface area contributed by atoms with Gasteiger partial charge in [-0.05, 0) is 29.8 Å². The van der Waals surface area contributed by atoms with E-state index in [0.717, 1.165) is 5.56 Å². The van der Waals surface area contributed by atoms with Crippen molar-refractivity contribution in [3.63, 3.8) is 0 Å². The molecular weight excluding hydrogens is 342 g/mol. The van der Waals surface area contributed by atoms with Gasteiger partial charge >= 0.3 is 0 Å². The highest BCUT2D eigenvalue weighted by Crippen LogP contribution is 2.33. The number of fused-ring (bicyclic) bond motifs is 1. The zero-order valence-electron chi connectivity index (χ0n) is 13.4. The molecule has 0 fully saturated rings. The van der Waals surface area contributed by atoms with Crippen LogP contribution in [0.5, 0.6) is 0 Å². The van der Waals surface area contributed by atoms with E-state index in [2.05, 4.69) is 16.0 Å². The lowest BCUT2D eigenvalue weighted by molar-refractivity contribution is -0.123. The molecule has 1 aliphatic heterocycles. The second-order valence-electron chi connectivity index (χ2n) is 5.76. The van der Waals surface area contributed by atoms with Gasteiger partial charge in [-0.15, -0.1) is 0 Å². The van der Waals surface area contributed by atoms with Gasteiger partial charge in [-0.2, -0.15) is 0 Å². The van der Waals surface area contributed by atoms with Crippen molar-refractivity contribution >= 4 is 46.4 Å². The van der Waals surface area contributed by atoms with E-state index in [1.807, 2.05) is 12.1 Å². The Bertz CT molecular complexity index is 866. The summed E-state index contributed by atoms with van der Waals surface area (Å²) in [5, 5.41) is 8.52. The summed E-state index contributed by atoms with van der Waals surface area (Å²) in [6.45, 7) is 1.37. The molecule has 3 rings (SSSR count). The maximum Gasteiger partial charge on any atom is 0.232 e. The highest BCUT2D eigenvalue weighted by Gasteiger charge is 2.30. The van der Waals surface area contributed by atoms with Gasteiger partial charge in [-0.3, -0.25) is 14.4 Å². The van der Waals surface area contributed by atoms with Crippen molar-refractivity contribution in [2.24, 2.45) is 0 Å². The summed E-state index contributed by atoms with van der Waals surface area (Å²) in [6, 6.07) is 12.0. The Kier molecular flexibility index (Phi) is 4.72.